The number of rotatable bonds is 7. The highest BCUT2D eigenvalue weighted by Crippen LogP contribution is 2.42. The Balaban J connectivity index is 1.33. The van der Waals surface area contributed by atoms with Gasteiger partial charge in [0.05, 0.1) is 11.9 Å². The van der Waals surface area contributed by atoms with Crippen LogP contribution in [-0.2, 0) is 32.3 Å². The molecule has 14 heteroatoms. The third-order valence-electron chi connectivity index (χ3n) is 6.19. The Hall–Kier alpha value is -2.94. The Morgan fingerprint density at radius 3 is 2.86 bits per heavy atom. The van der Waals surface area contributed by atoms with Gasteiger partial charge in [-0.25, -0.2) is 9.78 Å². The van der Waals surface area contributed by atoms with Gasteiger partial charge in [-0.1, -0.05) is 5.16 Å². The first-order chi connectivity index (χ1) is 16.7. The number of anilines is 1. The zero-order chi connectivity index (χ0) is 24.9. The summed E-state index contributed by atoms with van der Waals surface area (Å²) in [7, 11) is 3.41. The van der Waals surface area contributed by atoms with E-state index in [1.807, 2.05) is 0 Å². The van der Waals surface area contributed by atoms with Gasteiger partial charge in [0.2, 0.25) is 0 Å². The Morgan fingerprint density at radius 2 is 2.20 bits per heavy atom. The molecule has 1 saturated heterocycles. The number of thiophene rings is 1. The van der Waals surface area contributed by atoms with Crippen LogP contribution < -0.4 is 11.1 Å². The van der Waals surface area contributed by atoms with Crippen LogP contribution in [0.5, 0.6) is 0 Å². The topological polar surface area (TPSA) is 147 Å². The van der Waals surface area contributed by atoms with Crippen molar-refractivity contribution < 1.29 is 28.8 Å². The van der Waals surface area contributed by atoms with Crippen molar-refractivity contribution in [3.8, 4) is 0 Å². The van der Waals surface area contributed by atoms with E-state index in [1.165, 1.54) is 34.2 Å². The molecule has 0 saturated carbocycles. The van der Waals surface area contributed by atoms with Crippen molar-refractivity contribution >= 4 is 63.1 Å². The number of amides is 2. The van der Waals surface area contributed by atoms with Crippen LogP contribution in [0.3, 0.4) is 0 Å². The SMILES string of the molecule is CO/N=C(\C(=O)N[C@@H]1C(=O)N2C(C(=O)O)=C(C[N+]3(C)Cc4ccsc4C3)CS[C@@H]12)c1csc(N)n1. The third kappa shape index (κ3) is 4.20. The lowest BCUT2D eigenvalue weighted by molar-refractivity contribution is -0.924. The molecule has 2 aromatic rings. The monoisotopic (exact) mass is 535 g/mol. The fourth-order valence-corrected chi connectivity index (χ4v) is 7.69. The third-order valence-corrected chi connectivity index (χ3v) is 9.15. The molecular weight excluding hydrogens is 512 g/mol. The van der Waals surface area contributed by atoms with E-state index in [4.69, 9.17) is 10.6 Å². The van der Waals surface area contributed by atoms with Crippen molar-refractivity contribution in [2.24, 2.45) is 5.16 Å². The first kappa shape index (κ1) is 23.8. The number of β-lactam (4-membered cyclic amide) rings is 1. The maximum absolute atomic E-state index is 13.1. The largest absolute Gasteiger partial charge is 0.477 e. The lowest BCUT2D eigenvalue weighted by atomic mass is 10.0. The highest BCUT2D eigenvalue weighted by molar-refractivity contribution is 8.00. The number of carboxylic acids is 1. The van der Waals surface area contributed by atoms with Crippen LogP contribution in [0.2, 0.25) is 0 Å². The predicted molar refractivity (Wildman–Crippen MR) is 133 cm³/mol. The number of fused-ring (bicyclic) bond motifs is 2. The zero-order valence-electron chi connectivity index (χ0n) is 18.9. The van der Waals surface area contributed by atoms with E-state index in [2.05, 4.69) is 34.0 Å². The molecule has 3 aliphatic heterocycles. The van der Waals surface area contributed by atoms with E-state index in [-0.39, 0.29) is 22.2 Å². The summed E-state index contributed by atoms with van der Waals surface area (Å²) in [5, 5.41) is 19.8. The molecule has 3 atom stereocenters. The summed E-state index contributed by atoms with van der Waals surface area (Å²) >= 11 is 4.31. The van der Waals surface area contributed by atoms with Gasteiger partial charge in [0.25, 0.3) is 11.8 Å². The number of carbonyl (C=O) groups is 3. The number of thioether (sulfide) groups is 1. The second kappa shape index (κ2) is 8.93. The van der Waals surface area contributed by atoms with Gasteiger partial charge in [0.1, 0.15) is 49.6 Å². The Labute approximate surface area is 212 Å². The molecule has 5 rings (SSSR count). The van der Waals surface area contributed by atoms with Gasteiger partial charge in [-0.15, -0.1) is 34.4 Å². The van der Waals surface area contributed by atoms with Crippen LogP contribution in [0.25, 0.3) is 0 Å². The Morgan fingerprint density at radius 1 is 1.40 bits per heavy atom. The minimum absolute atomic E-state index is 0.0249. The van der Waals surface area contributed by atoms with Gasteiger partial charge < -0.3 is 25.5 Å². The molecule has 184 valence electrons. The summed E-state index contributed by atoms with van der Waals surface area (Å²) in [6.07, 6.45) is 0. The summed E-state index contributed by atoms with van der Waals surface area (Å²) in [5.41, 5.74) is 7.84. The van der Waals surface area contributed by atoms with Gasteiger partial charge in [-0.2, -0.15) is 0 Å². The lowest BCUT2D eigenvalue weighted by Gasteiger charge is -2.49. The second-order valence-electron chi connectivity index (χ2n) is 8.77. The molecular formula is C21H23N6O5S3+. The number of oxime groups is 1. The maximum atomic E-state index is 13.1. The number of nitrogen functional groups attached to an aromatic ring is 1. The Bertz CT molecular complexity index is 1260. The minimum atomic E-state index is -1.14. The number of quaternary nitrogens is 1. The fraction of sp³-hybridized carbons (Fsp3) is 0.381. The summed E-state index contributed by atoms with van der Waals surface area (Å²) in [5.74, 6) is -1.79. The number of likely N-dealkylation sites (N-methyl/N-ethyl adjacent to an activating group) is 1. The molecule has 3 aliphatic rings. The molecule has 1 unspecified atom stereocenters. The number of nitrogens with zero attached hydrogens (tertiary/aromatic N) is 4. The Kier molecular flexibility index (Phi) is 6.07. The molecule has 0 aliphatic carbocycles. The van der Waals surface area contributed by atoms with E-state index in [0.717, 1.165) is 30.0 Å². The van der Waals surface area contributed by atoms with Gasteiger partial charge in [-0.05, 0) is 11.4 Å². The number of aliphatic carboxylic acids is 1. The van der Waals surface area contributed by atoms with Gasteiger partial charge in [-0.3, -0.25) is 14.5 Å². The van der Waals surface area contributed by atoms with Crippen molar-refractivity contribution in [3.05, 3.63) is 44.2 Å². The zero-order valence-corrected chi connectivity index (χ0v) is 21.3. The van der Waals surface area contributed by atoms with Gasteiger partial charge >= 0.3 is 5.97 Å². The van der Waals surface area contributed by atoms with E-state index in [0.29, 0.717) is 16.8 Å². The molecule has 0 aromatic carbocycles. The molecule has 0 spiro atoms. The van der Waals surface area contributed by atoms with Crippen molar-refractivity contribution in [2.45, 2.75) is 24.5 Å². The summed E-state index contributed by atoms with van der Waals surface area (Å²) in [4.78, 5) is 49.6. The number of nitrogens with two attached hydrogens (primary N) is 1. The smallest absolute Gasteiger partial charge is 0.352 e. The number of carbonyl (C=O) groups excluding carboxylic acids is 2. The number of hydrogen-bond acceptors (Lipinski definition) is 10. The highest BCUT2D eigenvalue weighted by Gasteiger charge is 2.55. The first-order valence-electron chi connectivity index (χ1n) is 10.6. The van der Waals surface area contributed by atoms with E-state index in [9.17, 15) is 19.5 Å². The fourth-order valence-electron chi connectivity index (χ4n) is 4.74. The van der Waals surface area contributed by atoms with Crippen LogP contribution in [0.4, 0.5) is 5.13 Å². The van der Waals surface area contributed by atoms with Crippen molar-refractivity contribution in [1.82, 2.24) is 15.2 Å². The molecule has 2 amide bonds. The van der Waals surface area contributed by atoms with Crippen molar-refractivity contribution in [1.29, 1.82) is 0 Å². The summed E-state index contributed by atoms with van der Waals surface area (Å²) in [6, 6.07) is 1.24. The first-order valence-corrected chi connectivity index (χ1v) is 13.4. The lowest BCUT2D eigenvalue weighted by Crippen LogP contribution is -2.71. The molecule has 35 heavy (non-hydrogen) atoms. The molecule has 0 radical (unpaired) electrons. The second-order valence-corrected chi connectivity index (χ2v) is 11.8. The normalized spacial score (nSPS) is 25.7. The quantitative estimate of drug-likeness (QED) is 0.206. The molecule has 0 bridgehead atoms. The van der Waals surface area contributed by atoms with E-state index >= 15 is 0 Å². The van der Waals surface area contributed by atoms with E-state index in [1.54, 1.807) is 16.7 Å². The van der Waals surface area contributed by atoms with Gasteiger partial charge in [0, 0.05) is 22.3 Å². The molecule has 5 heterocycles. The number of nitrogens with one attached hydrogen (secondary N) is 1. The highest BCUT2D eigenvalue weighted by atomic mass is 32.2. The van der Waals surface area contributed by atoms with Crippen molar-refractivity contribution in [3.63, 3.8) is 0 Å². The average molecular weight is 536 g/mol. The molecule has 1 fully saturated rings. The standard InChI is InChI=1S/C21H22N6O5S3/c1-27(5-10-3-4-33-13(10)7-27)6-11-8-34-19-15(18(29)26(19)16(11)20(30)31)24-17(28)14(25-32-2)12-9-35-21(22)23-12/h3-4,9,15,19H,5-8H2,1-2H3,(H3-,22,23,24,28,30,31)/p+1/b25-14-/t15-,19+,27?/m1/s1. The molecule has 4 N–H and O–H groups in total. The van der Waals surface area contributed by atoms with Crippen LogP contribution in [0.15, 0.2) is 33.3 Å². The number of aromatic nitrogens is 1. The average Bonchev–Trinajstić information content (AvgIpc) is 3.50. The van der Waals surface area contributed by atoms with Crippen LogP contribution >= 0.6 is 34.4 Å². The van der Waals surface area contributed by atoms with E-state index < -0.39 is 29.2 Å². The van der Waals surface area contributed by atoms with Crippen LogP contribution in [-0.4, -0.2) is 80.8 Å². The van der Waals surface area contributed by atoms with Crippen LogP contribution in [0, 0.1) is 0 Å². The summed E-state index contributed by atoms with van der Waals surface area (Å²) in [6.45, 7) is 2.21. The number of hydrogen-bond donors (Lipinski definition) is 3. The number of thiazole rings is 1. The van der Waals surface area contributed by atoms with Crippen molar-refractivity contribution in [2.75, 3.05) is 32.2 Å². The van der Waals surface area contributed by atoms with Crippen LogP contribution in [0.1, 0.15) is 16.1 Å². The predicted octanol–water partition coefficient (Wildman–Crippen LogP) is 1.04. The van der Waals surface area contributed by atoms with Gasteiger partial charge in [0.15, 0.2) is 10.8 Å². The minimum Gasteiger partial charge on any atom is -0.477 e. The summed E-state index contributed by atoms with van der Waals surface area (Å²) < 4.78 is 0.676. The maximum Gasteiger partial charge on any atom is 0.352 e. The number of carboxylic acid groups (broad SMARTS) is 1. The molecule has 11 nitrogen and oxygen atoms in total. The molecule has 2 aromatic heterocycles.